The summed E-state index contributed by atoms with van der Waals surface area (Å²) in [5.74, 6) is 0.869. The molecule has 26 heavy (non-hydrogen) atoms. The predicted molar refractivity (Wildman–Crippen MR) is 103 cm³/mol. The second kappa shape index (κ2) is 6.48. The summed E-state index contributed by atoms with van der Waals surface area (Å²) < 4.78 is 5.83. The molecule has 0 aliphatic carbocycles. The molecule has 1 unspecified atom stereocenters. The average Bonchev–Trinajstić information content (AvgIpc) is 2.81. The van der Waals surface area contributed by atoms with Crippen LogP contribution in [-0.4, -0.2) is 29.9 Å². The van der Waals surface area contributed by atoms with Gasteiger partial charge in [-0.2, -0.15) is 0 Å². The largest absolute Gasteiger partial charge is 0.491 e. The van der Waals surface area contributed by atoms with Crippen LogP contribution < -0.4 is 10.5 Å². The van der Waals surface area contributed by atoms with Gasteiger partial charge in [0, 0.05) is 7.05 Å². The summed E-state index contributed by atoms with van der Waals surface area (Å²) in [7, 11) is 1.65. The molecular formula is C21H25N3O2. The van der Waals surface area contributed by atoms with E-state index in [-0.39, 0.29) is 18.0 Å². The molecule has 1 amide bonds. The highest BCUT2D eigenvalue weighted by molar-refractivity contribution is 6.08. The third-order valence-corrected chi connectivity index (χ3v) is 4.63. The molecule has 2 aromatic rings. The van der Waals surface area contributed by atoms with Crippen molar-refractivity contribution in [2.24, 2.45) is 10.7 Å². The van der Waals surface area contributed by atoms with Gasteiger partial charge in [0.1, 0.15) is 5.75 Å². The van der Waals surface area contributed by atoms with Crippen molar-refractivity contribution in [1.82, 2.24) is 4.90 Å². The molecule has 0 aromatic heterocycles. The van der Waals surface area contributed by atoms with Crippen LogP contribution in [0.4, 0.5) is 0 Å². The smallest absolute Gasteiger partial charge is 0.266 e. The maximum Gasteiger partial charge on any atom is 0.266 e. The van der Waals surface area contributed by atoms with E-state index in [1.54, 1.807) is 7.05 Å². The van der Waals surface area contributed by atoms with Gasteiger partial charge < -0.3 is 10.5 Å². The number of aliphatic imine (C=N–C) groups is 1. The van der Waals surface area contributed by atoms with E-state index in [0.717, 1.165) is 28.0 Å². The summed E-state index contributed by atoms with van der Waals surface area (Å²) in [4.78, 5) is 19.3. The number of guanidine groups is 1. The molecule has 136 valence electrons. The third kappa shape index (κ3) is 2.83. The standard InChI is InChI=1S/C21H25N3O2/c1-13(2)26-18-10-9-17(12-15(18)4)21(16-8-6-7-14(3)11-16)19(25)24(5)20(22)23-21/h6-13H,1-5H3,(H2,22,23). The van der Waals surface area contributed by atoms with Crippen LogP contribution in [0.1, 0.15) is 36.1 Å². The number of rotatable bonds is 4. The van der Waals surface area contributed by atoms with E-state index in [2.05, 4.69) is 4.99 Å². The van der Waals surface area contributed by atoms with Gasteiger partial charge in [0.15, 0.2) is 11.5 Å². The number of amides is 1. The second-order valence-corrected chi connectivity index (χ2v) is 7.06. The van der Waals surface area contributed by atoms with Gasteiger partial charge in [-0.05, 0) is 56.5 Å². The number of nitrogens with zero attached hydrogens (tertiary/aromatic N) is 2. The Morgan fingerprint density at radius 1 is 1.12 bits per heavy atom. The van der Waals surface area contributed by atoms with E-state index in [4.69, 9.17) is 10.5 Å². The van der Waals surface area contributed by atoms with Gasteiger partial charge in [0.2, 0.25) is 0 Å². The van der Waals surface area contributed by atoms with Crippen molar-refractivity contribution < 1.29 is 9.53 Å². The summed E-state index contributed by atoms with van der Waals surface area (Å²) in [6.07, 6.45) is 0.0817. The first-order valence-electron chi connectivity index (χ1n) is 8.74. The summed E-state index contributed by atoms with van der Waals surface area (Å²) in [6.45, 7) is 7.95. The fraction of sp³-hybridized carbons (Fsp3) is 0.333. The number of likely N-dealkylation sites (N-methyl/N-ethyl adjacent to an activating group) is 1. The Labute approximate surface area is 154 Å². The molecule has 0 saturated carbocycles. The van der Waals surface area contributed by atoms with E-state index >= 15 is 0 Å². The highest BCUT2D eigenvalue weighted by Crippen LogP contribution is 2.40. The van der Waals surface area contributed by atoms with Crippen LogP contribution in [0.25, 0.3) is 0 Å². The Kier molecular flexibility index (Phi) is 4.48. The minimum atomic E-state index is -1.16. The lowest BCUT2D eigenvalue weighted by Gasteiger charge is -2.27. The van der Waals surface area contributed by atoms with Crippen molar-refractivity contribution in [1.29, 1.82) is 0 Å². The van der Waals surface area contributed by atoms with E-state index in [1.165, 1.54) is 4.90 Å². The first kappa shape index (κ1) is 18.0. The zero-order valence-electron chi connectivity index (χ0n) is 15.9. The Balaban J connectivity index is 2.21. The fourth-order valence-electron chi connectivity index (χ4n) is 3.31. The van der Waals surface area contributed by atoms with Gasteiger partial charge in [-0.3, -0.25) is 9.69 Å². The topological polar surface area (TPSA) is 67.9 Å². The molecule has 3 rings (SSSR count). The van der Waals surface area contributed by atoms with Gasteiger partial charge in [-0.25, -0.2) is 4.99 Å². The highest BCUT2D eigenvalue weighted by atomic mass is 16.5. The van der Waals surface area contributed by atoms with Gasteiger partial charge in [0.05, 0.1) is 6.10 Å². The molecule has 0 fully saturated rings. The molecule has 5 heteroatoms. The molecule has 1 atom stereocenters. The lowest BCUT2D eigenvalue weighted by Crippen LogP contribution is -2.41. The molecule has 0 saturated heterocycles. The van der Waals surface area contributed by atoms with Crippen molar-refractivity contribution >= 4 is 11.9 Å². The summed E-state index contributed by atoms with van der Waals surface area (Å²) in [5.41, 5.74) is 8.48. The van der Waals surface area contributed by atoms with E-state index in [1.807, 2.05) is 70.2 Å². The quantitative estimate of drug-likeness (QED) is 0.920. The van der Waals surface area contributed by atoms with Crippen LogP contribution in [0.5, 0.6) is 5.75 Å². The van der Waals surface area contributed by atoms with E-state index in [0.29, 0.717) is 0 Å². The summed E-state index contributed by atoms with van der Waals surface area (Å²) in [5, 5.41) is 0. The molecule has 1 aliphatic heterocycles. The van der Waals surface area contributed by atoms with Crippen molar-refractivity contribution in [3.63, 3.8) is 0 Å². The van der Waals surface area contributed by atoms with Crippen molar-refractivity contribution in [3.05, 3.63) is 64.7 Å². The SMILES string of the molecule is Cc1cccc(C2(c3ccc(OC(C)C)c(C)c3)N=C(N)N(C)C2=O)c1. The normalized spacial score (nSPS) is 19.8. The Bertz CT molecular complexity index is 889. The molecule has 0 radical (unpaired) electrons. The van der Waals surface area contributed by atoms with Crippen LogP contribution in [0.15, 0.2) is 47.5 Å². The maximum absolute atomic E-state index is 13.2. The molecule has 1 aliphatic rings. The lowest BCUT2D eigenvalue weighted by atomic mass is 9.81. The number of nitrogens with two attached hydrogens (primary N) is 1. The van der Waals surface area contributed by atoms with Crippen LogP contribution in [0.3, 0.4) is 0 Å². The number of hydrogen-bond acceptors (Lipinski definition) is 4. The van der Waals surface area contributed by atoms with Gasteiger partial charge in [-0.15, -0.1) is 0 Å². The second-order valence-electron chi connectivity index (χ2n) is 7.06. The Hall–Kier alpha value is -2.82. The highest BCUT2D eigenvalue weighted by Gasteiger charge is 2.49. The van der Waals surface area contributed by atoms with Crippen LogP contribution in [-0.2, 0) is 10.3 Å². The summed E-state index contributed by atoms with van der Waals surface area (Å²) >= 11 is 0. The van der Waals surface area contributed by atoms with Crippen LogP contribution in [0.2, 0.25) is 0 Å². The average molecular weight is 351 g/mol. The van der Waals surface area contributed by atoms with Crippen molar-refractivity contribution in [2.75, 3.05) is 7.05 Å². The Morgan fingerprint density at radius 3 is 2.35 bits per heavy atom. The molecule has 2 N–H and O–H groups in total. The number of aryl methyl sites for hydroxylation is 2. The number of carbonyl (C=O) groups excluding carboxylic acids is 1. The lowest BCUT2D eigenvalue weighted by molar-refractivity contribution is -0.129. The van der Waals surface area contributed by atoms with Crippen molar-refractivity contribution in [3.8, 4) is 5.75 Å². The zero-order valence-corrected chi connectivity index (χ0v) is 15.9. The molecule has 5 nitrogen and oxygen atoms in total. The van der Waals surface area contributed by atoms with Crippen molar-refractivity contribution in [2.45, 2.75) is 39.3 Å². The third-order valence-electron chi connectivity index (χ3n) is 4.63. The van der Waals surface area contributed by atoms with Crippen LogP contribution >= 0.6 is 0 Å². The minimum absolute atomic E-state index is 0.0817. The molecule has 0 spiro atoms. The Morgan fingerprint density at radius 2 is 1.81 bits per heavy atom. The number of carbonyl (C=O) groups is 1. The number of ether oxygens (including phenoxy) is 1. The number of benzene rings is 2. The predicted octanol–water partition coefficient (Wildman–Crippen LogP) is 3.12. The summed E-state index contributed by atoms with van der Waals surface area (Å²) in [6, 6.07) is 13.6. The maximum atomic E-state index is 13.2. The zero-order chi connectivity index (χ0) is 19.1. The van der Waals surface area contributed by atoms with Gasteiger partial charge >= 0.3 is 0 Å². The fourth-order valence-corrected chi connectivity index (χ4v) is 3.31. The molecule has 0 bridgehead atoms. The van der Waals surface area contributed by atoms with Gasteiger partial charge in [0.25, 0.3) is 5.91 Å². The van der Waals surface area contributed by atoms with Crippen LogP contribution in [0, 0.1) is 13.8 Å². The van der Waals surface area contributed by atoms with E-state index in [9.17, 15) is 4.79 Å². The van der Waals surface area contributed by atoms with E-state index < -0.39 is 5.54 Å². The van der Waals surface area contributed by atoms with Gasteiger partial charge in [-0.1, -0.05) is 35.9 Å². The first-order chi connectivity index (χ1) is 12.3. The monoisotopic (exact) mass is 351 g/mol. The minimum Gasteiger partial charge on any atom is -0.491 e. The molecule has 2 aromatic carbocycles. The first-order valence-corrected chi connectivity index (χ1v) is 8.74. The number of hydrogen-bond donors (Lipinski definition) is 1. The molecular weight excluding hydrogens is 326 g/mol. The molecule has 1 heterocycles.